The zero-order chi connectivity index (χ0) is 15.9. The standard InChI is InChI=1S/C15H22N4OS2/c1-10(8-20-3)18-15(16)17-7-6-12-4-5-14(22-12)13-9-21-11(2)19-13/h4-5,9-10H,6-8H2,1-3H3,(H3,16,17,18). The van der Waals surface area contributed by atoms with E-state index in [2.05, 4.69) is 32.8 Å². The van der Waals surface area contributed by atoms with E-state index in [0.29, 0.717) is 19.1 Å². The van der Waals surface area contributed by atoms with Crippen LogP contribution in [0, 0.1) is 6.92 Å². The minimum Gasteiger partial charge on any atom is -0.383 e. The summed E-state index contributed by atoms with van der Waals surface area (Å²) in [5.41, 5.74) is 6.91. The van der Waals surface area contributed by atoms with Gasteiger partial charge in [0.25, 0.3) is 0 Å². The van der Waals surface area contributed by atoms with Crippen LogP contribution < -0.4 is 11.1 Å². The lowest BCUT2D eigenvalue weighted by atomic mass is 10.3. The van der Waals surface area contributed by atoms with Crippen LogP contribution in [0.5, 0.6) is 0 Å². The predicted octanol–water partition coefficient (Wildman–Crippen LogP) is 2.66. The summed E-state index contributed by atoms with van der Waals surface area (Å²) in [6, 6.07) is 4.43. The smallest absolute Gasteiger partial charge is 0.188 e. The summed E-state index contributed by atoms with van der Waals surface area (Å²) >= 11 is 3.45. The molecule has 0 aromatic carbocycles. The molecule has 0 radical (unpaired) electrons. The zero-order valence-electron chi connectivity index (χ0n) is 13.1. The second-order valence-electron chi connectivity index (χ2n) is 5.04. The monoisotopic (exact) mass is 338 g/mol. The molecule has 120 valence electrons. The molecule has 0 spiro atoms. The Morgan fingerprint density at radius 2 is 2.32 bits per heavy atom. The van der Waals surface area contributed by atoms with Gasteiger partial charge in [0.05, 0.1) is 22.2 Å². The molecule has 22 heavy (non-hydrogen) atoms. The van der Waals surface area contributed by atoms with Crippen molar-refractivity contribution in [3.05, 3.63) is 27.4 Å². The molecule has 2 aromatic rings. The Labute approximate surface area is 139 Å². The summed E-state index contributed by atoms with van der Waals surface area (Å²) in [6.07, 6.45) is 0.884. The Morgan fingerprint density at radius 1 is 1.50 bits per heavy atom. The van der Waals surface area contributed by atoms with Crippen LogP contribution in [0.2, 0.25) is 0 Å². The molecular formula is C15H22N4OS2. The number of ether oxygens (including phenoxy) is 1. The maximum absolute atomic E-state index is 5.85. The minimum atomic E-state index is 0.162. The number of hydrogen-bond acceptors (Lipinski definition) is 5. The van der Waals surface area contributed by atoms with E-state index in [1.54, 1.807) is 29.8 Å². The van der Waals surface area contributed by atoms with Crippen molar-refractivity contribution in [3.63, 3.8) is 0 Å². The summed E-state index contributed by atoms with van der Waals surface area (Å²) in [5, 5.41) is 6.29. The molecule has 0 saturated heterocycles. The third kappa shape index (κ3) is 5.08. The van der Waals surface area contributed by atoms with Crippen LogP contribution in [0.15, 0.2) is 22.5 Å². The predicted molar refractivity (Wildman–Crippen MR) is 94.8 cm³/mol. The van der Waals surface area contributed by atoms with Gasteiger partial charge in [-0.1, -0.05) is 0 Å². The second kappa shape index (κ2) is 8.26. The van der Waals surface area contributed by atoms with Crippen molar-refractivity contribution in [2.75, 3.05) is 20.3 Å². The Hall–Kier alpha value is -1.44. The number of aryl methyl sites for hydroxylation is 1. The number of rotatable bonds is 7. The molecule has 0 saturated carbocycles. The highest BCUT2D eigenvalue weighted by Gasteiger charge is 2.06. The fraction of sp³-hybridized carbons (Fsp3) is 0.467. The third-order valence-corrected chi connectivity index (χ3v) is 4.93. The third-order valence-electron chi connectivity index (χ3n) is 2.98. The van der Waals surface area contributed by atoms with Crippen molar-refractivity contribution in [2.45, 2.75) is 26.3 Å². The lowest BCUT2D eigenvalue weighted by Crippen LogP contribution is -2.40. The van der Waals surface area contributed by atoms with Gasteiger partial charge in [-0.05, 0) is 26.0 Å². The van der Waals surface area contributed by atoms with Crippen molar-refractivity contribution in [1.82, 2.24) is 10.3 Å². The Bertz CT molecular complexity index is 621. The summed E-state index contributed by atoms with van der Waals surface area (Å²) in [6.45, 7) is 5.32. The molecule has 1 unspecified atom stereocenters. The van der Waals surface area contributed by atoms with E-state index >= 15 is 0 Å². The van der Waals surface area contributed by atoms with E-state index in [9.17, 15) is 0 Å². The number of aromatic nitrogens is 1. The van der Waals surface area contributed by atoms with E-state index in [1.807, 2.05) is 13.8 Å². The summed E-state index contributed by atoms with van der Waals surface area (Å²) in [5.74, 6) is 0.469. The van der Waals surface area contributed by atoms with E-state index < -0.39 is 0 Å². The molecule has 0 bridgehead atoms. The largest absolute Gasteiger partial charge is 0.383 e. The first kappa shape index (κ1) is 16.9. The van der Waals surface area contributed by atoms with Crippen molar-refractivity contribution in [2.24, 2.45) is 10.7 Å². The number of thiophene rings is 1. The van der Waals surface area contributed by atoms with E-state index in [4.69, 9.17) is 10.5 Å². The molecular weight excluding hydrogens is 316 g/mol. The van der Waals surface area contributed by atoms with Gasteiger partial charge in [0.2, 0.25) is 0 Å². The number of hydrogen-bond donors (Lipinski definition) is 2. The van der Waals surface area contributed by atoms with Gasteiger partial charge in [-0.15, -0.1) is 22.7 Å². The summed E-state index contributed by atoms with van der Waals surface area (Å²) in [7, 11) is 1.67. The lowest BCUT2D eigenvalue weighted by Gasteiger charge is -2.12. The first-order chi connectivity index (χ1) is 10.6. The van der Waals surface area contributed by atoms with Crippen LogP contribution >= 0.6 is 22.7 Å². The van der Waals surface area contributed by atoms with Gasteiger partial charge < -0.3 is 15.8 Å². The first-order valence-electron chi connectivity index (χ1n) is 7.15. The first-order valence-corrected chi connectivity index (χ1v) is 8.84. The molecule has 0 amide bonds. The highest BCUT2D eigenvalue weighted by atomic mass is 32.1. The number of methoxy groups -OCH3 is 1. The van der Waals surface area contributed by atoms with Crippen molar-refractivity contribution < 1.29 is 4.74 Å². The molecule has 0 fully saturated rings. The SMILES string of the molecule is COCC(C)NC(N)=NCCc1ccc(-c2csc(C)n2)s1. The topological polar surface area (TPSA) is 72.5 Å². The second-order valence-corrected chi connectivity index (χ2v) is 7.27. The molecule has 5 nitrogen and oxygen atoms in total. The molecule has 1 atom stereocenters. The van der Waals surface area contributed by atoms with E-state index in [-0.39, 0.29) is 6.04 Å². The van der Waals surface area contributed by atoms with Crippen molar-refractivity contribution >= 4 is 28.6 Å². The highest BCUT2D eigenvalue weighted by Crippen LogP contribution is 2.29. The number of nitrogens with one attached hydrogen (secondary N) is 1. The van der Waals surface area contributed by atoms with Gasteiger partial charge in [0.15, 0.2) is 5.96 Å². The molecule has 7 heteroatoms. The molecule has 3 N–H and O–H groups in total. The van der Waals surface area contributed by atoms with Crippen molar-refractivity contribution in [1.29, 1.82) is 0 Å². The molecule has 2 rings (SSSR count). The fourth-order valence-corrected chi connectivity index (χ4v) is 3.65. The normalized spacial score (nSPS) is 13.3. The highest BCUT2D eigenvalue weighted by molar-refractivity contribution is 7.16. The van der Waals surface area contributed by atoms with Gasteiger partial charge in [0, 0.05) is 36.4 Å². The maximum atomic E-state index is 5.85. The Balaban J connectivity index is 1.83. The average molecular weight is 339 g/mol. The molecule has 0 aliphatic heterocycles. The van der Waals surface area contributed by atoms with Gasteiger partial charge in [0.1, 0.15) is 0 Å². The van der Waals surface area contributed by atoms with Crippen LogP contribution in [0.25, 0.3) is 10.6 Å². The quantitative estimate of drug-likeness (QED) is 0.601. The average Bonchev–Trinajstić information content (AvgIpc) is 3.08. The molecule has 2 heterocycles. The van der Waals surface area contributed by atoms with Gasteiger partial charge in [-0.2, -0.15) is 0 Å². The zero-order valence-corrected chi connectivity index (χ0v) is 14.8. The van der Waals surface area contributed by atoms with Gasteiger partial charge in [-0.3, -0.25) is 4.99 Å². The van der Waals surface area contributed by atoms with Gasteiger partial charge >= 0.3 is 0 Å². The van der Waals surface area contributed by atoms with Crippen LogP contribution in [-0.2, 0) is 11.2 Å². The van der Waals surface area contributed by atoms with Crippen LogP contribution in [0.1, 0.15) is 16.8 Å². The number of aliphatic imine (C=N–C) groups is 1. The maximum Gasteiger partial charge on any atom is 0.188 e. The molecule has 2 aromatic heterocycles. The van der Waals surface area contributed by atoms with Gasteiger partial charge in [-0.25, -0.2) is 4.98 Å². The van der Waals surface area contributed by atoms with Crippen LogP contribution in [-0.4, -0.2) is 37.2 Å². The van der Waals surface area contributed by atoms with Crippen LogP contribution in [0.3, 0.4) is 0 Å². The van der Waals surface area contributed by atoms with Crippen LogP contribution in [0.4, 0.5) is 0 Å². The molecule has 0 aliphatic rings. The summed E-state index contributed by atoms with van der Waals surface area (Å²) in [4.78, 5) is 11.4. The number of nitrogens with two attached hydrogens (primary N) is 1. The Morgan fingerprint density at radius 3 is 3.00 bits per heavy atom. The van der Waals surface area contributed by atoms with E-state index in [0.717, 1.165) is 17.1 Å². The fourth-order valence-electron chi connectivity index (χ4n) is 2.00. The Kier molecular flexibility index (Phi) is 6.35. The van der Waals surface area contributed by atoms with E-state index in [1.165, 1.54) is 9.75 Å². The molecule has 0 aliphatic carbocycles. The number of guanidine groups is 1. The lowest BCUT2D eigenvalue weighted by molar-refractivity contribution is 0.179. The summed E-state index contributed by atoms with van der Waals surface area (Å²) < 4.78 is 5.05. The van der Waals surface area contributed by atoms with Crippen molar-refractivity contribution in [3.8, 4) is 10.6 Å². The minimum absolute atomic E-state index is 0.162. The number of nitrogens with zero attached hydrogens (tertiary/aromatic N) is 2. The number of thiazole rings is 1.